The van der Waals surface area contributed by atoms with Gasteiger partial charge in [0.1, 0.15) is 23.6 Å². The number of rotatable bonds is 8. The van der Waals surface area contributed by atoms with E-state index in [0.717, 1.165) is 16.9 Å². The second-order valence-electron chi connectivity index (χ2n) is 7.44. The summed E-state index contributed by atoms with van der Waals surface area (Å²) in [5.41, 5.74) is 2.00. The van der Waals surface area contributed by atoms with E-state index < -0.39 is 0 Å². The highest BCUT2D eigenvalue weighted by molar-refractivity contribution is 5.92. The number of ether oxygens (including phenoxy) is 1. The van der Waals surface area contributed by atoms with E-state index in [1.165, 1.54) is 0 Å². The Morgan fingerprint density at radius 2 is 2.00 bits per heavy atom. The number of nitrogens with one attached hydrogen (secondary N) is 1. The summed E-state index contributed by atoms with van der Waals surface area (Å²) in [4.78, 5) is 25.5. The van der Waals surface area contributed by atoms with E-state index in [2.05, 4.69) is 25.4 Å². The first-order chi connectivity index (χ1) is 15.5. The van der Waals surface area contributed by atoms with Crippen LogP contribution in [0.2, 0.25) is 0 Å². The SMILES string of the molecule is CCOc1ccc(CNC(=O)c2cn(-c3cc(-c4nc(C(C)C)no4)ccn3)cn2)cc1. The zero-order valence-electron chi connectivity index (χ0n) is 18.1. The minimum absolute atomic E-state index is 0.172. The molecule has 0 radical (unpaired) electrons. The van der Waals surface area contributed by atoms with Crippen molar-refractivity contribution in [1.29, 1.82) is 0 Å². The van der Waals surface area contributed by atoms with E-state index in [1.54, 1.807) is 35.4 Å². The summed E-state index contributed by atoms with van der Waals surface area (Å²) >= 11 is 0. The molecule has 0 saturated heterocycles. The number of carbonyl (C=O) groups is 1. The minimum atomic E-state index is -0.271. The predicted molar refractivity (Wildman–Crippen MR) is 118 cm³/mol. The molecule has 32 heavy (non-hydrogen) atoms. The van der Waals surface area contributed by atoms with Crippen molar-refractivity contribution in [3.63, 3.8) is 0 Å². The van der Waals surface area contributed by atoms with Crippen LogP contribution in [0.3, 0.4) is 0 Å². The zero-order valence-corrected chi connectivity index (χ0v) is 18.1. The highest BCUT2D eigenvalue weighted by Gasteiger charge is 2.14. The number of nitrogens with zero attached hydrogens (tertiary/aromatic N) is 5. The average molecular weight is 432 g/mol. The first kappa shape index (κ1) is 21.2. The maximum Gasteiger partial charge on any atom is 0.271 e. The molecule has 4 rings (SSSR count). The summed E-state index contributed by atoms with van der Waals surface area (Å²) in [6.07, 6.45) is 4.83. The van der Waals surface area contributed by atoms with Gasteiger partial charge in [-0.2, -0.15) is 4.98 Å². The Kier molecular flexibility index (Phi) is 6.25. The fraction of sp³-hybridized carbons (Fsp3) is 0.261. The second kappa shape index (κ2) is 9.42. The molecule has 3 heterocycles. The molecule has 0 atom stereocenters. The predicted octanol–water partition coefficient (Wildman–Crippen LogP) is 3.77. The molecule has 3 aromatic heterocycles. The van der Waals surface area contributed by atoms with Crippen LogP contribution in [-0.2, 0) is 6.54 Å². The maximum atomic E-state index is 12.5. The standard InChI is InChI=1S/C23H24N6O3/c1-4-31-18-7-5-16(6-8-18)12-25-22(30)19-13-29(14-26-19)20-11-17(9-10-24-20)23-27-21(15(2)3)28-32-23/h5-11,13-15H,4,12H2,1-3H3,(H,25,30). The Balaban J connectivity index is 1.43. The molecule has 9 heteroatoms. The summed E-state index contributed by atoms with van der Waals surface area (Å²) < 4.78 is 12.5. The molecule has 0 fully saturated rings. The molecule has 1 amide bonds. The molecule has 0 spiro atoms. The number of hydrogen-bond acceptors (Lipinski definition) is 7. The van der Waals surface area contributed by atoms with Crippen LogP contribution in [0.15, 0.2) is 59.6 Å². The number of hydrogen-bond donors (Lipinski definition) is 1. The fourth-order valence-electron chi connectivity index (χ4n) is 2.99. The lowest BCUT2D eigenvalue weighted by Crippen LogP contribution is -2.23. The van der Waals surface area contributed by atoms with Gasteiger partial charge >= 0.3 is 0 Å². The zero-order chi connectivity index (χ0) is 22.5. The molecule has 1 aromatic carbocycles. The van der Waals surface area contributed by atoms with Crippen LogP contribution in [0.1, 0.15) is 48.6 Å². The second-order valence-corrected chi connectivity index (χ2v) is 7.44. The third kappa shape index (κ3) is 4.83. The van der Waals surface area contributed by atoms with E-state index in [0.29, 0.717) is 36.4 Å². The fourth-order valence-corrected chi connectivity index (χ4v) is 2.99. The molecule has 0 aliphatic carbocycles. The monoisotopic (exact) mass is 432 g/mol. The largest absolute Gasteiger partial charge is 0.494 e. The van der Waals surface area contributed by atoms with Crippen LogP contribution < -0.4 is 10.1 Å². The van der Waals surface area contributed by atoms with Crippen molar-refractivity contribution in [3.8, 4) is 23.0 Å². The number of pyridine rings is 1. The smallest absolute Gasteiger partial charge is 0.271 e. The number of amides is 1. The van der Waals surface area contributed by atoms with Gasteiger partial charge in [0.2, 0.25) is 0 Å². The highest BCUT2D eigenvalue weighted by atomic mass is 16.5. The number of benzene rings is 1. The third-order valence-electron chi connectivity index (χ3n) is 4.72. The van der Waals surface area contributed by atoms with Crippen LogP contribution in [0.25, 0.3) is 17.3 Å². The van der Waals surface area contributed by atoms with Crippen molar-refractivity contribution in [2.45, 2.75) is 33.2 Å². The Hall–Kier alpha value is -4.01. The van der Waals surface area contributed by atoms with Gasteiger partial charge in [-0.05, 0) is 36.8 Å². The topological polar surface area (TPSA) is 108 Å². The lowest BCUT2D eigenvalue weighted by Gasteiger charge is -2.06. The van der Waals surface area contributed by atoms with Crippen LogP contribution in [0.5, 0.6) is 5.75 Å². The first-order valence-corrected chi connectivity index (χ1v) is 10.4. The van der Waals surface area contributed by atoms with Crippen molar-refractivity contribution in [3.05, 3.63) is 72.2 Å². The molecule has 0 bridgehead atoms. The van der Waals surface area contributed by atoms with Crippen LogP contribution in [-0.4, -0.2) is 37.2 Å². The first-order valence-electron chi connectivity index (χ1n) is 10.4. The van der Waals surface area contributed by atoms with E-state index in [1.807, 2.05) is 45.0 Å². The summed E-state index contributed by atoms with van der Waals surface area (Å²) in [6, 6.07) is 11.2. The number of imidazole rings is 1. The Labute approximate surface area is 185 Å². The van der Waals surface area contributed by atoms with Gasteiger partial charge in [0.15, 0.2) is 5.82 Å². The van der Waals surface area contributed by atoms with Crippen molar-refractivity contribution in [2.24, 2.45) is 0 Å². The molecule has 4 aromatic rings. The van der Waals surface area contributed by atoms with Gasteiger partial charge in [-0.3, -0.25) is 9.36 Å². The van der Waals surface area contributed by atoms with Crippen molar-refractivity contribution in [2.75, 3.05) is 6.61 Å². The lowest BCUT2D eigenvalue weighted by atomic mass is 10.2. The van der Waals surface area contributed by atoms with Gasteiger partial charge in [-0.15, -0.1) is 0 Å². The Morgan fingerprint density at radius 3 is 2.72 bits per heavy atom. The van der Waals surface area contributed by atoms with Crippen LogP contribution in [0.4, 0.5) is 0 Å². The summed E-state index contributed by atoms with van der Waals surface area (Å²) in [6.45, 7) is 6.94. The highest BCUT2D eigenvalue weighted by Crippen LogP contribution is 2.21. The normalized spacial score (nSPS) is 11.0. The summed E-state index contributed by atoms with van der Waals surface area (Å²) in [5, 5.41) is 6.87. The lowest BCUT2D eigenvalue weighted by molar-refractivity contribution is 0.0946. The van der Waals surface area contributed by atoms with Gasteiger partial charge in [0, 0.05) is 30.4 Å². The Morgan fingerprint density at radius 1 is 1.19 bits per heavy atom. The van der Waals surface area contributed by atoms with Crippen molar-refractivity contribution < 1.29 is 14.1 Å². The van der Waals surface area contributed by atoms with Gasteiger partial charge in [-0.25, -0.2) is 9.97 Å². The number of carbonyl (C=O) groups excluding carboxylic acids is 1. The number of aromatic nitrogens is 5. The van der Waals surface area contributed by atoms with E-state index in [-0.39, 0.29) is 11.8 Å². The van der Waals surface area contributed by atoms with E-state index in [9.17, 15) is 4.79 Å². The molecule has 9 nitrogen and oxygen atoms in total. The maximum absolute atomic E-state index is 12.5. The molecular weight excluding hydrogens is 408 g/mol. The quantitative estimate of drug-likeness (QED) is 0.451. The van der Waals surface area contributed by atoms with Crippen LogP contribution in [0, 0.1) is 0 Å². The van der Waals surface area contributed by atoms with E-state index in [4.69, 9.17) is 9.26 Å². The molecule has 0 unspecified atom stereocenters. The summed E-state index contributed by atoms with van der Waals surface area (Å²) in [7, 11) is 0. The molecule has 164 valence electrons. The minimum Gasteiger partial charge on any atom is -0.494 e. The summed E-state index contributed by atoms with van der Waals surface area (Å²) in [5.74, 6) is 2.36. The van der Waals surface area contributed by atoms with Gasteiger partial charge in [0.05, 0.1) is 6.61 Å². The molecular formula is C23H24N6O3. The van der Waals surface area contributed by atoms with Crippen LogP contribution >= 0.6 is 0 Å². The molecule has 1 N–H and O–H groups in total. The van der Waals surface area contributed by atoms with Gasteiger partial charge < -0.3 is 14.6 Å². The average Bonchev–Trinajstić information content (AvgIpc) is 3.49. The van der Waals surface area contributed by atoms with E-state index >= 15 is 0 Å². The molecule has 0 saturated carbocycles. The third-order valence-corrected chi connectivity index (χ3v) is 4.72. The molecule has 0 aliphatic heterocycles. The van der Waals surface area contributed by atoms with Crippen molar-refractivity contribution in [1.82, 2.24) is 30.0 Å². The van der Waals surface area contributed by atoms with Crippen molar-refractivity contribution >= 4 is 5.91 Å². The van der Waals surface area contributed by atoms with Gasteiger partial charge in [-0.1, -0.05) is 31.1 Å². The Bertz CT molecular complexity index is 1200. The molecule has 0 aliphatic rings. The van der Waals surface area contributed by atoms with Gasteiger partial charge in [0.25, 0.3) is 11.8 Å².